The lowest BCUT2D eigenvalue weighted by molar-refractivity contribution is -0.207. The molecule has 0 aromatic heterocycles. The second-order valence-corrected chi connectivity index (χ2v) is 12.1. The number of Topliss-reactive ketones (excluding diaryl/α,β-unsaturated/α-hetero) is 1. The molecule has 0 heterocycles. The van der Waals surface area contributed by atoms with Crippen molar-refractivity contribution in [3.63, 3.8) is 0 Å². The molecule has 4 nitrogen and oxygen atoms in total. The summed E-state index contributed by atoms with van der Waals surface area (Å²) in [6, 6.07) is 7.50. The van der Waals surface area contributed by atoms with Crippen LogP contribution in [0.25, 0.3) is 0 Å². The van der Waals surface area contributed by atoms with Gasteiger partial charge in [0.05, 0.1) is 18.8 Å². The molecule has 0 amide bonds. The fraction of sp³-hybridized carbons (Fsp3) is 0.774. The van der Waals surface area contributed by atoms with E-state index in [1.54, 1.807) is 0 Å². The van der Waals surface area contributed by atoms with Crippen LogP contribution < -0.4 is 4.74 Å². The summed E-state index contributed by atoms with van der Waals surface area (Å²) in [5, 5.41) is 0. The van der Waals surface area contributed by atoms with Crippen molar-refractivity contribution in [3.05, 3.63) is 29.8 Å². The summed E-state index contributed by atoms with van der Waals surface area (Å²) in [5.41, 5.74) is 0.633. The third kappa shape index (κ3) is 7.79. The Hall–Kier alpha value is -1.39. The first kappa shape index (κ1) is 28.2. The van der Waals surface area contributed by atoms with Crippen molar-refractivity contribution in [1.29, 1.82) is 0 Å². The summed E-state index contributed by atoms with van der Waals surface area (Å²) >= 11 is 0. The summed E-state index contributed by atoms with van der Waals surface area (Å²) in [6.07, 6.45) is 6.98. The van der Waals surface area contributed by atoms with Gasteiger partial charge in [0.25, 0.3) is 0 Å². The van der Waals surface area contributed by atoms with Crippen LogP contribution in [0.1, 0.15) is 104 Å². The lowest BCUT2D eigenvalue weighted by Crippen LogP contribution is -2.44. The van der Waals surface area contributed by atoms with Gasteiger partial charge in [-0.2, -0.15) is 0 Å². The van der Waals surface area contributed by atoms with Gasteiger partial charge in [0.1, 0.15) is 5.75 Å². The highest BCUT2D eigenvalue weighted by atomic mass is 16.7. The summed E-state index contributed by atoms with van der Waals surface area (Å²) in [5.74, 6) is 3.92. The van der Waals surface area contributed by atoms with Crippen LogP contribution in [0.15, 0.2) is 24.3 Å². The van der Waals surface area contributed by atoms with E-state index < -0.39 is 6.29 Å². The van der Waals surface area contributed by atoms with E-state index in [1.807, 2.05) is 24.3 Å². The summed E-state index contributed by atoms with van der Waals surface area (Å²) in [4.78, 5) is 13.8. The number of carbonyl (C=O) groups excluding carboxylic acids is 1. The van der Waals surface area contributed by atoms with Crippen LogP contribution in [0.4, 0.5) is 0 Å². The Balaban J connectivity index is 1.84. The van der Waals surface area contributed by atoms with Crippen LogP contribution >= 0.6 is 0 Å². The molecule has 3 rings (SSSR count). The fourth-order valence-electron chi connectivity index (χ4n) is 6.09. The van der Waals surface area contributed by atoms with Crippen molar-refractivity contribution in [1.82, 2.24) is 0 Å². The molecule has 0 N–H and O–H groups in total. The van der Waals surface area contributed by atoms with Gasteiger partial charge in [0.15, 0.2) is 0 Å². The Labute approximate surface area is 214 Å². The highest BCUT2D eigenvalue weighted by molar-refractivity contribution is 5.98. The van der Waals surface area contributed by atoms with E-state index in [9.17, 15) is 4.79 Å². The molecule has 6 unspecified atom stereocenters. The van der Waals surface area contributed by atoms with Gasteiger partial charge >= 0.3 is 0 Å². The van der Waals surface area contributed by atoms with E-state index in [1.165, 1.54) is 12.8 Å². The van der Waals surface area contributed by atoms with E-state index >= 15 is 0 Å². The minimum Gasteiger partial charge on any atom is -0.494 e. The van der Waals surface area contributed by atoms with Crippen molar-refractivity contribution in [2.75, 3.05) is 6.61 Å². The number of hydrogen-bond acceptors (Lipinski definition) is 4. The van der Waals surface area contributed by atoms with E-state index in [-0.39, 0.29) is 18.0 Å². The molecule has 0 bridgehead atoms. The largest absolute Gasteiger partial charge is 0.494 e. The zero-order valence-corrected chi connectivity index (χ0v) is 23.3. The molecular formula is C31H50O4. The molecule has 2 aliphatic rings. The number of benzene rings is 1. The van der Waals surface area contributed by atoms with Gasteiger partial charge in [-0.1, -0.05) is 61.3 Å². The van der Waals surface area contributed by atoms with Crippen molar-refractivity contribution < 1.29 is 19.0 Å². The van der Waals surface area contributed by atoms with Crippen LogP contribution in [-0.2, 0) is 9.47 Å². The lowest BCUT2D eigenvalue weighted by Gasteiger charge is -2.42. The average molecular weight is 487 g/mol. The van der Waals surface area contributed by atoms with Gasteiger partial charge in [0, 0.05) is 5.56 Å². The molecule has 1 aromatic carbocycles. The van der Waals surface area contributed by atoms with Gasteiger partial charge in [-0.15, -0.1) is 0 Å². The Morgan fingerprint density at radius 2 is 1.31 bits per heavy atom. The standard InChI is InChI=1S/C31H50O4/c1-8-17-33-25-13-11-24(12-14-25)30(32)31(34-28-18-22(6)9-15-26(28)20(2)3)35-29-19-23(7)10-16-27(29)21(4)5/h11-14,20-23,26-29,31H,8-10,15-19H2,1-7H3. The van der Waals surface area contributed by atoms with Crippen molar-refractivity contribution in [2.24, 2.45) is 35.5 Å². The molecule has 35 heavy (non-hydrogen) atoms. The minimum atomic E-state index is -0.856. The van der Waals surface area contributed by atoms with E-state index in [0.29, 0.717) is 47.7 Å². The summed E-state index contributed by atoms with van der Waals surface area (Å²) < 4.78 is 19.1. The van der Waals surface area contributed by atoms with Crippen molar-refractivity contribution >= 4 is 5.78 Å². The molecule has 0 aliphatic heterocycles. The Bertz CT molecular complexity index is 737. The lowest BCUT2D eigenvalue weighted by atomic mass is 9.75. The van der Waals surface area contributed by atoms with Crippen LogP contribution in [0, 0.1) is 35.5 Å². The molecule has 1 aromatic rings. The first-order valence-electron chi connectivity index (χ1n) is 14.3. The summed E-state index contributed by atoms with van der Waals surface area (Å²) in [6.45, 7) is 16.5. The monoisotopic (exact) mass is 486 g/mol. The number of rotatable bonds is 11. The molecule has 2 aliphatic carbocycles. The smallest absolute Gasteiger partial charge is 0.223 e. The zero-order chi connectivity index (χ0) is 25.5. The maximum absolute atomic E-state index is 13.8. The highest BCUT2D eigenvalue weighted by Gasteiger charge is 2.39. The molecule has 198 valence electrons. The SMILES string of the molecule is CCCOc1ccc(C(=O)C(OC2CC(C)CCC2C(C)C)OC2CC(C)CCC2C(C)C)cc1. The van der Waals surface area contributed by atoms with Crippen LogP contribution in [0.5, 0.6) is 5.75 Å². The third-order valence-corrected chi connectivity index (χ3v) is 8.35. The number of ether oxygens (including phenoxy) is 3. The second-order valence-electron chi connectivity index (χ2n) is 12.1. The zero-order valence-electron chi connectivity index (χ0n) is 23.3. The maximum atomic E-state index is 13.8. The molecule has 0 spiro atoms. The Kier molecular flexibility index (Phi) is 10.7. The summed E-state index contributed by atoms with van der Waals surface area (Å²) in [7, 11) is 0. The van der Waals surface area contributed by atoms with E-state index in [2.05, 4.69) is 48.5 Å². The normalized spacial score (nSPS) is 30.4. The quantitative estimate of drug-likeness (QED) is 0.235. The Morgan fingerprint density at radius 1 is 0.829 bits per heavy atom. The molecule has 0 saturated heterocycles. The minimum absolute atomic E-state index is 0.0541. The third-order valence-electron chi connectivity index (χ3n) is 8.35. The maximum Gasteiger partial charge on any atom is 0.223 e. The molecule has 0 radical (unpaired) electrons. The van der Waals surface area contributed by atoms with Crippen molar-refractivity contribution in [2.45, 2.75) is 112 Å². The first-order valence-corrected chi connectivity index (χ1v) is 14.3. The average Bonchev–Trinajstić information content (AvgIpc) is 2.82. The van der Waals surface area contributed by atoms with E-state index in [0.717, 1.165) is 37.9 Å². The predicted octanol–water partition coefficient (Wildman–Crippen LogP) is 7.94. The van der Waals surface area contributed by atoms with Crippen LogP contribution in [-0.4, -0.2) is 30.9 Å². The topological polar surface area (TPSA) is 44.8 Å². The van der Waals surface area contributed by atoms with Crippen LogP contribution in [0.3, 0.4) is 0 Å². The molecule has 6 atom stereocenters. The molecule has 2 saturated carbocycles. The molecule has 4 heteroatoms. The predicted molar refractivity (Wildman–Crippen MR) is 143 cm³/mol. The number of hydrogen-bond donors (Lipinski definition) is 0. The molecule has 2 fully saturated rings. The number of ketones is 1. The van der Waals surface area contributed by atoms with Gasteiger partial charge in [-0.3, -0.25) is 4.79 Å². The fourth-order valence-corrected chi connectivity index (χ4v) is 6.09. The van der Waals surface area contributed by atoms with Gasteiger partial charge in [-0.05, 0) is 91.9 Å². The first-order chi connectivity index (χ1) is 16.7. The second kappa shape index (κ2) is 13.2. The highest BCUT2D eigenvalue weighted by Crippen LogP contribution is 2.39. The van der Waals surface area contributed by atoms with E-state index in [4.69, 9.17) is 14.2 Å². The molecular weight excluding hydrogens is 436 g/mol. The van der Waals surface area contributed by atoms with Gasteiger partial charge < -0.3 is 14.2 Å². The Morgan fingerprint density at radius 3 is 1.74 bits per heavy atom. The van der Waals surface area contributed by atoms with Crippen molar-refractivity contribution in [3.8, 4) is 5.75 Å². The van der Waals surface area contributed by atoms with Gasteiger partial charge in [0.2, 0.25) is 12.1 Å². The van der Waals surface area contributed by atoms with Gasteiger partial charge in [-0.25, -0.2) is 0 Å². The van der Waals surface area contributed by atoms with Crippen LogP contribution in [0.2, 0.25) is 0 Å². The number of carbonyl (C=O) groups is 1.